The normalized spacial score (nSPS) is 18.3. The molecule has 6 nitrogen and oxygen atoms in total. The van der Waals surface area contributed by atoms with Crippen molar-refractivity contribution >= 4 is 11.9 Å². The minimum atomic E-state index is -0.668. The second-order valence-electron chi connectivity index (χ2n) is 24.7. The molecule has 5 rings (SSSR count). The van der Waals surface area contributed by atoms with E-state index in [0.29, 0.717) is 24.3 Å². The Morgan fingerprint density at radius 2 is 0.788 bits per heavy atom. The zero-order valence-electron chi connectivity index (χ0n) is 44.0. The number of carbonyl (C=O) groups is 2. The molecule has 0 radical (unpaired) electrons. The Balaban J connectivity index is 1.49. The molecule has 4 aromatic rings. The van der Waals surface area contributed by atoms with Gasteiger partial charge in [0.15, 0.2) is 0 Å². The quantitative estimate of drug-likeness (QED) is 0.122. The number of carbonyl (C=O) groups excluding carboxylic acids is 2. The lowest BCUT2D eigenvalue weighted by Crippen LogP contribution is -2.70. The van der Waals surface area contributed by atoms with Crippen LogP contribution in [0, 0.1) is 10.8 Å². The maximum Gasteiger partial charge on any atom is 0.313 e. The summed E-state index contributed by atoms with van der Waals surface area (Å²) in [6.07, 6.45) is 3.79. The van der Waals surface area contributed by atoms with Crippen molar-refractivity contribution in [2.24, 2.45) is 10.8 Å². The minimum Gasteiger partial charge on any atom is -0.507 e. The van der Waals surface area contributed by atoms with Crippen molar-refractivity contribution in [1.82, 2.24) is 0 Å². The summed E-state index contributed by atoms with van der Waals surface area (Å²) in [5, 5.41) is 23.1. The van der Waals surface area contributed by atoms with E-state index in [-0.39, 0.29) is 33.6 Å². The fourth-order valence-corrected chi connectivity index (χ4v) is 10.7. The molecule has 1 saturated carbocycles. The Labute approximate surface area is 399 Å². The van der Waals surface area contributed by atoms with Gasteiger partial charge in [0, 0.05) is 33.1 Å². The van der Waals surface area contributed by atoms with Crippen LogP contribution in [0.1, 0.15) is 208 Å². The summed E-state index contributed by atoms with van der Waals surface area (Å²) in [6.45, 7) is 37.9. The summed E-state index contributed by atoms with van der Waals surface area (Å²) in [7, 11) is 0. The van der Waals surface area contributed by atoms with Crippen LogP contribution in [0.25, 0.3) is 22.3 Å². The van der Waals surface area contributed by atoms with Crippen LogP contribution in [0.3, 0.4) is 0 Å². The van der Waals surface area contributed by atoms with Gasteiger partial charge in [0.25, 0.3) is 0 Å². The number of ether oxygens (including phenoxy) is 2. The number of phenols is 2. The van der Waals surface area contributed by atoms with Gasteiger partial charge in [0.1, 0.15) is 23.7 Å². The van der Waals surface area contributed by atoms with Crippen molar-refractivity contribution in [3.63, 3.8) is 0 Å². The summed E-state index contributed by atoms with van der Waals surface area (Å²) in [5.41, 5.74) is 6.59. The Kier molecular flexibility index (Phi) is 15.2. The van der Waals surface area contributed by atoms with E-state index in [2.05, 4.69) is 173 Å². The Morgan fingerprint density at radius 3 is 1.05 bits per heavy atom. The zero-order chi connectivity index (χ0) is 49.5. The van der Waals surface area contributed by atoms with E-state index in [4.69, 9.17) is 9.47 Å². The molecule has 0 bridgehead atoms. The molecule has 0 amide bonds. The van der Waals surface area contributed by atoms with Crippen molar-refractivity contribution in [2.75, 3.05) is 0 Å². The summed E-state index contributed by atoms with van der Waals surface area (Å²) in [6, 6.07) is 24.7. The number of hydrogen-bond donors (Lipinski definition) is 2. The first-order chi connectivity index (χ1) is 30.4. The van der Waals surface area contributed by atoms with E-state index in [0.717, 1.165) is 81.3 Å². The van der Waals surface area contributed by atoms with Gasteiger partial charge in [-0.25, -0.2) is 0 Å². The van der Waals surface area contributed by atoms with Crippen LogP contribution >= 0.6 is 0 Å². The average Bonchev–Trinajstić information content (AvgIpc) is 3.21. The number of esters is 2. The molecule has 2 unspecified atom stereocenters. The molecule has 0 saturated heterocycles. The molecule has 1 aliphatic rings. The van der Waals surface area contributed by atoms with Crippen molar-refractivity contribution in [1.29, 1.82) is 0 Å². The predicted molar refractivity (Wildman–Crippen MR) is 274 cm³/mol. The first-order valence-electron chi connectivity index (χ1n) is 24.7. The minimum absolute atomic E-state index is 0.273. The van der Waals surface area contributed by atoms with E-state index in [1.165, 1.54) is 0 Å². The standard InChI is InChI=1S/C60H84O6/c1-19-21-27-43(41-31-25-23-29-39(41)37-33-45(55(3,4)5)49(61)46(34-37)56(6,7)8)51(63)65-53-59(15,16)54(60(53,17)18)66-52(64)44(28-22-20-2)42-32-26-24-30-40(42)38-35-47(57(9,10)11)50(62)48(36-38)58(12,13)14/h23-26,29-36,43-44,53-54,61-62H,19-22,27-28H2,1-18H3. The molecule has 2 N–H and O–H groups in total. The molecule has 2 atom stereocenters. The van der Waals surface area contributed by atoms with E-state index in [1.54, 1.807) is 0 Å². The molecule has 66 heavy (non-hydrogen) atoms. The second-order valence-corrected chi connectivity index (χ2v) is 24.7. The first kappa shape index (κ1) is 52.4. The molecular formula is C60H84O6. The topological polar surface area (TPSA) is 93.1 Å². The Morgan fingerprint density at radius 1 is 0.515 bits per heavy atom. The summed E-state index contributed by atoms with van der Waals surface area (Å²) in [4.78, 5) is 29.7. The fraction of sp³-hybridized carbons (Fsp3) is 0.567. The molecular weight excluding hydrogens is 817 g/mol. The number of aromatic hydroxyl groups is 2. The van der Waals surface area contributed by atoms with Crippen LogP contribution in [0.15, 0.2) is 72.8 Å². The van der Waals surface area contributed by atoms with Crippen LogP contribution in [-0.2, 0) is 40.7 Å². The van der Waals surface area contributed by atoms with E-state index >= 15 is 0 Å². The Bertz CT molecular complexity index is 2120. The van der Waals surface area contributed by atoms with E-state index in [1.807, 2.05) is 24.3 Å². The van der Waals surface area contributed by atoms with Crippen molar-refractivity contribution in [3.8, 4) is 33.8 Å². The lowest BCUT2D eigenvalue weighted by atomic mass is 9.51. The summed E-state index contributed by atoms with van der Waals surface area (Å²) < 4.78 is 13.4. The number of hydrogen-bond acceptors (Lipinski definition) is 6. The van der Waals surface area contributed by atoms with Crippen molar-refractivity contribution in [2.45, 2.75) is 209 Å². The largest absolute Gasteiger partial charge is 0.507 e. The molecule has 1 aliphatic carbocycles. The lowest BCUT2D eigenvalue weighted by molar-refractivity contribution is -0.269. The van der Waals surface area contributed by atoms with Gasteiger partial charge in [-0.15, -0.1) is 0 Å². The van der Waals surface area contributed by atoms with Crippen LogP contribution in [-0.4, -0.2) is 34.4 Å². The second kappa shape index (κ2) is 19.2. The number of benzene rings is 4. The van der Waals surface area contributed by atoms with Gasteiger partial charge in [-0.3, -0.25) is 9.59 Å². The lowest BCUT2D eigenvalue weighted by Gasteiger charge is -2.61. The van der Waals surface area contributed by atoms with Crippen LogP contribution in [0.4, 0.5) is 0 Å². The third-order valence-electron chi connectivity index (χ3n) is 14.2. The van der Waals surface area contributed by atoms with Crippen molar-refractivity contribution < 1.29 is 29.3 Å². The van der Waals surface area contributed by atoms with Crippen LogP contribution < -0.4 is 0 Å². The maximum absolute atomic E-state index is 14.8. The molecule has 360 valence electrons. The smallest absolute Gasteiger partial charge is 0.313 e. The predicted octanol–water partition coefficient (Wildman–Crippen LogP) is 15.8. The highest BCUT2D eigenvalue weighted by Crippen LogP contribution is 2.58. The Hall–Kier alpha value is -4.58. The number of phenolic OH excluding ortho intramolecular Hbond substituents is 2. The van der Waals surface area contributed by atoms with E-state index < -0.39 is 34.9 Å². The maximum atomic E-state index is 14.8. The molecule has 1 fully saturated rings. The number of unbranched alkanes of at least 4 members (excludes halogenated alkanes) is 2. The summed E-state index contributed by atoms with van der Waals surface area (Å²) in [5.74, 6) is -0.939. The molecule has 0 aromatic heterocycles. The van der Waals surface area contributed by atoms with Crippen LogP contribution in [0.2, 0.25) is 0 Å². The molecule has 0 spiro atoms. The first-order valence-corrected chi connectivity index (χ1v) is 24.7. The van der Waals surface area contributed by atoms with Gasteiger partial charge in [-0.1, -0.05) is 199 Å². The van der Waals surface area contributed by atoms with Gasteiger partial charge in [0.2, 0.25) is 0 Å². The molecule has 4 aromatic carbocycles. The highest BCUT2D eigenvalue weighted by Gasteiger charge is 2.67. The highest BCUT2D eigenvalue weighted by molar-refractivity contribution is 5.85. The average molecular weight is 901 g/mol. The van der Waals surface area contributed by atoms with Gasteiger partial charge in [-0.2, -0.15) is 0 Å². The third kappa shape index (κ3) is 10.7. The third-order valence-corrected chi connectivity index (χ3v) is 14.2. The number of rotatable bonds is 14. The van der Waals surface area contributed by atoms with Crippen LogP contribution in [0.5, 0.6) is 11.5 Å². The van der Waals surface area contributed by atoms with Gasteiger partial charge in [0.05, 0.1) is 11.8 Å². The zero-order valence-corrected chi connectivity index (χ0v) is 44.0. The monoisotopic (exact) mass is 901 g/mol. The summed E-state index contributed by atoms with van der Waals surface area (Å²) >= 11 is 0. The molecule has 6 heteroatoms. The highest BCUT2D eigenvalue weighted by atomic mass is 16.6. The molecule has 0 heterocycles. The van der Waals surface area contributed by atoms with Gasteiger partial charge in [-0.05, 0) is 92.1 Å². The molecule has 0 aliphatic heterocycles. The SMILES string of the molecule is CCCCC(C(=O)OC1C(C)(C)C(OC(=O)C(CCCC)c2ccccc2-c2cc(C(C)(C)C)c(O)c(C(C)(C)C)c2)C1(C)C)c1ccccc1-c1cc(C(C)(C)C)c(O)c(C(C)(C)C)c1. The van der Waals surface area contributed by atoms with E-state index in [9.17, 15) is 19.8 Å². The van der Waals surface area contributed by atoms with Gasteiger partial charge >= 0.3 is 11.9 Å². The van der Waals surface area contributed by atoms with Gasteiger partial charge < -0.3 is 19.7 Å². The van der Waals surface area contributed by atoms with Crippen molar-refractivity contribution in [3.05, 3.63) is 106 Å². The fourth-order valence-electron chi connectivity index (χ4n) is 10.7.